The Morgan fingerprint density at radius 3 is 2.32 bits per heavy atom. The van der Waals surface area contributed by atoms with Crippen molar-refractivity contribution in [1.82, 2.24) is 4.90 Å². The summed E-state index contributed by atoms with van der Waals surface area (Å²) >= 11 is 15.7. The summed E-state index contributed by atoms with van der Waals surface area (Å²) < 4.78 is 0.861. The predicted molar refractivity (Wildman–Crippen MR) is 83.1 cm³/mol. The van der Waals surface area contributed by atoms with Gasteiger partial charge in [-0.15, -0.1) is 0 Å². The molecule has 1 aromatic carbocycles. The lowest BCUT2D eigenvalue weighted by atomic mass is 10.0. The van der Waals surface area contributed by atoms with Crippen LogP contribution in [0.3, 0.4) is 0 Å². The largest absolute Gasteiger partial charge is 0.380 e. The van der Waals surface area contributed by atoms with Gasteiger partial charge in [-0.1, -0.05) is 39.1 Å². The first-order valence-electron chi connectivity index (χ1n) is 6.14. The van der Waals surface area contributed by atoms with Gasteiger partial charge in [0.2, 0.25) is 5.91 Å². The maximum Gasteiger partial charge on any atom is 0.219 e. The van der Waals surface area contributed by atoms with Crippen molar-refractivity contribution in [2.24, 2.45) is 0 Å². The normalized spacial score (nSPS) is 16.5. The summed E-state index contributed by atoms with van der Waals surface area (Å²) in [6.45, 7) is 3.16. The van der Waals surface area contributed by atoms with Gasteiger partial charge in [-0.3, -0.25) is 4.79 Å². The molecule has 104 valence electrons. The maximum absolute atomic E-state index is 11.3. The molecule has 1 aromatic rings. The first kappa shape index (κ1) is 14.9. The number of hydrogen-bond donors (Lipinski definition) is 1. The highest BCUT2D eigenvalue weighted by Gasteiger charge is 2.21. The van der Waals surface area contributed by atoms with Gasteiger partial charge in [0, 0.05) is 30.5 Å². The number of anilines is 1. The molecule has 3 nitrogen and oxygen atoms in total. The number of halogens is 3. The Balaban J connectivity index is 2.02. The summed E-state index contributed by atoms with van der Waals surface area (Å²) in [5.41, 5.74) is 0.771. The van der Waals surface area contributed by atoms with Gasteiger partial charge in [-0.05, 0) is 25.0 Å². The molecule has 1 saturated heterocycles. The Bertz CT molecular complexity index is 465. The SMILES string of the molecule is CC(=O)N1CCC(Nc2c(Cl)cc(Br)cc2Cl)CC1. The smallest absolute Gasteiger partial charge is 0.219 e. The van der Waals surface area contributed by atoms with Crippen molar-refractivity contribution in [1.29, 1.82) is 0 Å². The highest BCUT2D eigenvalue weighted by Crippen LogP contribution is 2.35. The topological polar surface area (TPSA) is 32.3 Å². The highest BCUT2D eigenvalue weighted by molar-refractivity contribution is 9.10. The van der Waals surface area contributed by atoms with E-state index in [2.05, 4.69) is 21.2 Å². The number of rotatable bonds is 2. The number of hydrogen-bond acceptors (Lipinski definition) is 2. The lowest BCUT2D eigenvalue weighted by Gasteiger charge is -2.32. The highest BCUT2D eigenvalue weighted by atomic mass is 79.9. The van der Waals surface area contributed by atoms with Gasteiger partial charge in [0.15, 0.2) is 0 Å². The fourth-order valence-electron chi connectivity index (χ4n) is 2.22. The van der Waals surface area contributed by atoms with E-state index < -0.39 is 0 Å². The monoisotopic (exact) mass is 364 g/mol. The Labute approximate surface area is 131 Å². The van der Waals surface area contributed by atoms with E-state index in [4.69, 9.17) is 23.2 Å². The zero-order valence-electron chi connectivity index (χ0n) is 10.5. The van der Waals surface area contributed by atoms with Gasteiger partial charge in [-0.2, -0.15) is 0 Å². The van der Waals surface area contributed by atoms with Crippen LogP contribution in [0.4, 0.5) is 5.69 Å². The number of benzene rings is 1. The van der Waals surface area contributed by atoms with Gasteiger partial charge >= 0.3 is 0 Å². The van der Waals surface area contributed by atoms with Crippen molar-refractivity contribution < 1.29 is 4.79 Å². The van der Waals surface area contributed by atoms with Crippen molar-refractivity contribution >= 4 is 50.7 Å². The summed E-state index contributed by atoms with van der Waals surface area (Å²) in [6.07, 6.45) is 1.81. The second kappa shape index (κ2) is 6.33. The molecule has 1 heterocycles. The number of piperidine rings is 1. The fraction of sp³-hybridized carbons (Fsp3) is 0.462. The number of carbonyl (C=O) groups is 1. The molecule has 0 radical (unpaired) electrons. The number of nitrogens with one attached hydrogen (secondary N) is 1. The van der Waals surface area contributed by atoms with E-state index in [1.165, 1.54) is 0 Å². The van der Waals surface area contributed by atoms with Crippen LogP contribution in [0.5, 0.6) is 0 Å². The fourth-order valence-corrected chi connectivity index (χ4v) is 3.54. The van der Waals surface area contributed by atoms with E-state index in [0.29, 0.717) is 16.1 Å². The Morgan fingerprint density at radius 1 is 1.32 bits per heavy atom. The van der Waals surface area contributed by atoms with Crippen molar-refractivity contribution in [3.63, 3.8) is 0 Å². The molecule has 0 saturated carbocycles. The lowest BCUT2D eigenvalue weighted by molar-refractivity contribution is -0.129. The average Bonchev–Trinajstić information content (AvgIpc) is 2.34. The van der Waals surface area contributed by atoms with Crippen LogP contribution in [0.15, 0.2) is 16.6 Å². The number of carbonyl (C=O) groups excluding carboxylic acids is 1. The third-order valence-corrected chi connectivity index (χ3v) is 4.35. The van der Waals surface area contributed by atoms with Gasteiger partial charge in [0.05, 0.1) is 15.7 Å². The van der Waals surface area contributed by atoms with Crippen molar-refractivity contribution in [3.05, 3.63) is 26.7 Å². The molecule has 0 unspecified atom stereocenters. The summed E-state index contributed by atoms with van der Waals surface area (Å²) in [6, 6.07) is 3.94. The van der Waals surface area contributed by atoms with Gasteiger partial charge < -0.3 is 10.2 Å². The lowest BCUT2D eigenvalue weighted by Crippen LogP contribution is -2.41. The molecule has 0 bridgehead atoms. The minimum atomic E-state index is 0.137. The van der Waals surface area contributed by atoms with Crippen LogP contribution >= 0.6 is 39.1 Å². The molecule has 0 aromatic heterocycles. The average molecular weight is 366 g/mol. The molecule has 19 heavy (non-hydrogen) atoms. The van der Waals surface area contributed by atoms with E-state index >= 15 is 0 Å². The summed E-state index contributed by atoms with van der Waals surface area (Å²) in [7, 11) is 0. The van der Waals surface area contributed by atoms with E-state index in [1.54, 1.807) is 6.92 Å². The van der Waals surface area contributed by atoms with E-state index in [-0.39, 0.29) is 5.91 Å². The van der Waals surface area contributed by atoms with Crippen LogP contribution in [0.1, 0.15) is 19.8 Å². The molecule has 6 heteroatoms. The molecule has 1 N–H and O–H groups in total. The molecular weight excluding hydrogens is 351 g/mol. The van der Waals surface area contributed by atoms with Crippen molar-refractivity contribution in [2.75, 3.05) is 18.4 Å². The third kappa shape index (κ3) is 3.77. The van der Waals surface area contributed by atoms with Crippen LogP contribution in [0.25, 0.3) is 0 Å². The molecule has 0 spiro atoms. The second-order valence-corrected chi connectivity index (χ2v) is 6.40. The zero-order chi connectivity index (χ0) is 14.0. The summed E-state index contributed by atoms with van der Waals surface area (Å²) in [5, 5.41) is 4.59. The van der Waals surface area contributed by atoms with Crippen LogP contribution < -0.4 is 5.32 Å². The first-order valence-corrected chi connectivity index (χ1v) is 7.69. The van der Waals surface area contributed by atoms with Gasteiger partial charge in [0.25, 0.3) is 0 Å². The molecule has 1 aliphatic heterocycles. The molecule has 1 aliphatic rings. The molecule has 1 fully saturated rings. The summed E-state index contributed by atoms with van der Waals surface area (Å²) in [4.78, 5) is 13.1. The van der Waals surface area contributed by atoms with Gasteiger partial charge in [0.1, 0.15) is 0 Å². The van der Waals surface area contributed by atoms with E-state index in [1.807, 2.05) is 17.0 Å². The van der Waals surface area contributed by atoms with Crippen LogP contribution in [0, 0.1) is 0 Å². The van der Waals surface area contributed by atoms with Crippen LogP contribution in [-0.4, -0.2) is 29.9 Å². The number of amides is 1. The zero-order valence-corrected chi connectivity index (χ0v) is 13.6. The molecule has 0 aliphatic carbocycles. The minimum absolute atomic E-state index is 0.137. The number of likely N-dealkylation sites (tertiary alicyclic amines) is 1. The Hall–Kier alpha value is -0.450. The molecule has 0 atom stereocenters. The minimum Gasteiger partial charge on any atom is -0.380 e. The second-order valence-electron chi connectivity index (χ2n) is 4.67. The number of nitrogens with zero attached hydrogens (tertiary/aromatic N) is 1. The van der Waals surface area contributed by atoms with Crippen LogP contribution in [-0.2, 0) is 4.79 Å². The van der Waals surface area contributed by atoms with Gasteiger partial charge in [-0.25, -0.2) is 0 Å². The van der Waals surface area contributed by atoms with E-state index in [0.717, 1.165) is 36.1 Å². The predicted octanol–water partition coefficient (Wildman–Crippen LogP) is 4.18. The Morgan fingerprint density at radius 2 is 1.84 bits per heavy atom. The third-order valence-electron chi connectivity index (χ3n) is 3.30. The van der Waals surface area contributed by atoms with Crippen molar-refractivity contribution in [3.8, 4) is 0 Å². The Kier molecular flexibility index (Phi) is 4.98. The standard InChI is InChI=1S/C13H15BrCl2N2O/c1-8(19)18-4-2-10(3-5-18)17-13-11(15)6-9(14)7-12(13)16/h6-7,10,17H,2-5H2,1H3. The molecule has 1 amide bonds. The van der Waals surface area contributed by atoms with Crippen molar-refractivity contribution in [2.45, 2.75) is 25.8 Å². The van der Waals surface area contributed by atoms with Crippen LogP contribution in [0.2, 0.25) is 10.0 Å². The molecular formula is C13H15BrCl2N2O. The van der Waals surface area contributed by atoms with E-state index in [9.17, 15) is 4.79 Å². The quantitative estimate of drug-likeness (QED) is 0.852. The maximum atomic E-state index is 11.3. The summed E-state index contributed by atoms with van der Waals surface area (Å²) in [5.74, 6) is 0.137. The first-order chi connectivity index (χ1) is 8.97. The molecule has 2 rings (SSSR count).